The molecule has 1 heterocycles. The second-order valence-corrected chi connectivity index (χ2v) is 8.91. The smallest absolute Gasteiger partial charge is 0.244 e. The first-order valence-electron chi connectivity index (χ1n) is 11.5. The molecule has 2 aromatic carbocycles. The molecule has 1 fully saturated rings. The van der Waals surface area contributed by atoms with Gasteiger partial charge in [-0.2, -0.15) is 5.26 Å². The van der Waals surface area contributed by atoms with Crippen molar-refractivity contribution in [3.63, 3.8) is 0 Å². The Morgan fingerprint density at radius 2 is 1.90 bits per heavy atom. The minimum atomic E-state index is -0.120. The lowest BCUT2D eigenvalue weighted by Gasteiger charge is -2.40. The van der Waals surface area contributed by atoms with E-state index in [1.54, 1.807) is 6.08 Å². The van der Waals surface area contributed by atoms with Crippen molar-refractivity contribution in [2.24, 2.45) is 0 Å². The van der Waals surface area contributed by atoms with Crippen LogP contribution in [0.2, 0.25) is 0 Å². The van der Waals surface area contributed by atoms with Gasteiger partial charge in [-0.1, -0.05) is 61.7 Å². The molecule has 0 saturated heterocycles. The molecule has 0 radical (unpaired) electrons. The van der Waals surface area contributed by atoms with Gasteiger partial charge in [0.2, 0.25) is 5.91 Å². The van der Waals surface area contributed by atoms with Crippen LogP contribution in [0.4, 0.5) is 0 Å². The normalized spacial score (nSPS) is 18.3. The molecule has 0 spiro atoms. The minimum Gasteiger partial charge on any atom is -0.347 e. The van der Waals surface area contributed by atoms with Crippen LogP contribution in [-0.4, -0.2) is 29.4 Å². The highest BCUT2D eigenvalue weighted by Crippen LogP contribution is 2.32. The lowest BCUT2D eigenvalue weighted by molar-refractivity contribution is -0.118. The highest BCUT2D eigenvalue weighted by atomic mass is 16.1. The SMILES string of the molecule is N#Cc1cccc2c1CN(CCC1(NC(=O)/C=C/c3ccccc3)CCCCC1)CC2. The van der Waals surface area contributed by atoms with Crippen molar-refractivity contribution in [2.45, 2.75) is 57.0 Å². The summed E-state index contributed by atoms with van der Waals surface area (Å²) in [5.74, 6) is 0.00140. The summed E-state index contributed by atoms with van der Waals surface area (Å²) in [6.45, 7) is 2.79. The lowest BCUT2D eigenvalue weighted by Crippen LogP contribution is -2.51. The molecule has 2 aliphatic rings. The van der Waals surface area contributed by atoms with Gasteiger partial charge in [0, 0.05) is 31.2 Å². The van der Waals surface area contributed by atoms with E-state index in [-0.39, 0.29) is 11.4 Å². The summed E-state index contributed by atoms with van der Waals surface area (Å²) in [6, 6.07) is 18.4. The van der Waals surface area contributed by atoms with Crippen LogP contribution in [0.25, 0.3) is 6.08 Å². The van der Waals surface area contributed by atoms with Gasteiger partial charge in [-0.15, -0.1) is 0 Å². The van der Waals surface area contributed by atoms with Crippen LogP contribution < -0.4 is 5.32 Å². The average Bonchev–Trinajstić information content (AvgIpc) is 2.82. The number of rotatable bonds is 6. The van der Waals surface area contributed by atoms with E-state index in [0.29, 0.717) is 0 Å². The zero-order valence-corrected chi connectivity index (χ0v) is 18.1. The summed E-state index contributed by atoms with van der Waals surface area (Å²) >= 11 is 0. The first-order valence-corrected chi connectivity index (χ1v) is 11.5. The topological polar surface area (TPSA) is 56.1 Å². The van der Waals surface area contributed by atoms with Crippen molar-refractivity contribution >= 4 is 12.0 Å². The number of hydrogen-bond donors (Lipinski definition) is 1. The molecule has 0 unspecified atom stereocenters. The molecule has 1 aliphatic carbocycles. The molecule has 160 valence electrons. The van der Waals surface area contributed by atoms with Gasteiger partial charge in [-0.05, 0) is 54.5 Å². The van der Waals surface area contributed by atoms with E-state index in [1.165, 1.54) is 30.4 Å². The molecule has 2 aromatic rings. The number of carbonyl (C=O) groups excluding carboxylic acids is 1. The van der Waals surface area contributed by atoms with Gasteiger partial charge in [0.1, 0.15) is 0 Å². The molecule has 1 aliphatic heterocycles. The first kappa shape index (κ1) is 21.3. The molecule has 4 heteroatoms. The van der Waals surface area contributed by atoms with Crippen LogP contribution >= 0.6 is 0 Å². The number of nitrogens with zero attached hydrogens (tertiary/aromatic N) is 2. The number of hydrogen-bond acceptors (Lipinski definition) is 3. The van der Waals surface area contributed by atoms with Gasteiger partial charge in [0.25, 0.3) is 0 Å². The maximum Gasteiger partial charge on any atom is 0.244 e. The standard InChI is InChI=1S/C27H31N3O/c28-20-24-11-7-10-23-14-18-30(21-25(23)24)19-17-27(15-5-2-6-16-27)29-26(31)13-12-22-8-3-1-4-9-22/h1,3-4,7-13H,2,5-6,14-19,21H2,(H,29,31)/b13-12+. The zero-order valence-electron chi connectivity index (χ0n) is 18.1. The van der Waals surface area contributed by atoms with E-state index in [4.69, 9.17) is 0 Å². The summed E-state index contributed by atoms with van der Waals surface area (Å²) in [5, 5.41) is 12.8. The van der Waals surface area contributed by atoms with Crippen molar-refractivity contribution in [3.8, 4) is 6.07 Å². The number of nitriles is 1. The van der Waals surface area contributed by atoms with E-state index < -0.39 is 0 Å². The summed E-state index contributed by atoms with van der Waals surface area (Å²) in [6.07, 6.45) is 11.2. The number of carbonyl (C=O) groups is 1. The predicted molar refractivity (Wildman–Crippen MR) is 124 cm³/mol. The summed E-state index contributed by atoms with van der Waals surface area (Å²) < 4.78 is 0. The third kappa shape index (κ3) is 5.42. The molecule has 0 atom stereocenters. The number of fused-ring (bicyclic) bond motifs is 1. The molecule has 4 rings (SSSR count). The molecule has 0 bridgehead atoms. The molecule has 4 nitrogen and oxygen atoms in total. The Bertz CT molecular complexity index is 968. The summed E-state index contributed by atoms with van der Waals surface area (Å²) in [7, 11) is 0. The monoisotopic (exact) mass is 413 g/mol. The number of nitrogens with one attached hydrogen (secondary N) is 1. The number of amides is 1. The van der Waals surface area contributed by atoms with E-state index in [2.05, 4.69) is 22.4 Å². The molecule has 0 aromatic heterocycles. The van der Waals surface area contributed by atoms with E-state index in [0.717, 1.165) is 56.4 Å². The Balaban J connectivity index is 1.40. The Kier molecular flexibility index (Phi) is 6.84. The van der Waals surface area contributed by atoms with Gasteiger partial charge in [-0.25, -0.2) is 0 Å². The summed E-state index contributed by atoms with van der Waals surface area (Å²) in [5.41, 5.74) is 4.21. The van der Waals surface area contributed by atoms with Gasteiger partial charge >= 0.3 is 0 Å². The van der Waals surface area contributed by atoms with Crippen molar-refractivity contribution in [3.05, 3.63) is 76.9 Å². The number of benzene rings is 2. The molecule has 1 amide bonds. The van der Waals surface area contributed by atoms with Crippen LogP contribution in [0.1, 0.15) is 60.8 Å². The van der Waals surface area contributed by atoms with Crippen molar-refractivity contribution in [1.29, 1.82) is 5.26 Å². The third-order valence-electron chi connectivity index (χ3n) is 6.80. The van der Waals surface area contributed by atoms with Crippen LogP contribution in [0, 0.1) is 11.3 Å². The third-order valence-corrected chi connectivity index (χ3v) is 6.80. The maximum atomic E-state index is 12.7. The second-order valence-electron chi connectivity index (χ2n) is 8.91. The Labute approximate surface area is 185 Å². The van der Waals surface area contributed by atoms with Gasteiger partial charge in [-0.3, -0.25) is 9.69 Å². The Morgan fingerprint density at radius 3 is 2.68 bits per heavy atom. The molecular formula is C27H31N3O. The molecule has 1 N–H and O–H groups in total. The zero-order chi connectivity index (χ0) is 21.5. The largest absolute Gasteiger partial charge is 0.347 e. The highest BCUT2D eigenvalue weighted by Gasteiger charge is 2.33. The highest BCUT2D eigenvalue weighted by molar-refractivity contribution is 5.92. The fourth-order valence-corrected chi connectivity index (χ4v) is 5.01. The first-order chi connectivity index (χ1) is 15.2. The van der Waals surface area contributed by atoms with Gasteiger partial charge in [0.15, 0.2) is 0 Å². The molecule has 1 saturated carbocycles. The van der Waals surface area contributed by atoms with Crippen LogP contribution in [-0.2, 0) is 17.8 Å². The average molecular weight is 414 g/mol. The van der Waals surface area contributed by atoms with Gasteiger partial charge < -0.3 is 5.32 Å². The minimum absolute atomic E-state index is 0.00140. The quantitative estimate of drug-likeness (QED) is 0.690. The fraction of sp³-hybridized carbons (Fsp3) is 0.407. The summed E-state index contributed by atoms with van der Waals surface area (Å²) in [4.78, 5) is 15.2. The Morgan fingerprint density at radius 1 is 1.10 bits per heavy atom. The molecule has 31 heavy (non-hydrogen) atoms. The van der Waals surface area contributed by atoms with E-state index in [9.17, 15) is 10.1 Å². The predicted octanol–water partition coefficient (Wildman–Crippen LogP) is 4.84. The van der Waals surface area contributed by atoms with Crippen LogP contribution in [0.15, 0.2) is 54.6 Å². The van der Waals surface area contributed by atoms with E-state index in [1.807, 2.05) is 48.5 Å². The lowest BCUT2D eigenvalue weighted by atomic mass is 9.79. The second kappa shape index (κ2) is 9.94. The Hall–Kier alpha value is -2.90. The van der Waals surface area contributed by atoms with Crippen LogP contribution in [0.5, 0.6) is 0 Å². The maximum absolute atomic E-state index is 12.7. The van der Waals surface area contributed by atoms with Crippen molar-refractivity contribution in [1.82, 2.24) is 10.2 Å². The van der Waals surface area contributed by atoms with Gasteiger partial charge in [0.05, 0.1) is 11.6 Å². The van der Waals surface area contributed by atoms with Crippen LogP contribution in [0.3, 0.4) is 0 Å². The van der Waals surface area contributed by atoms with Crippen molar-refractivity contribution in [2.75, 3.05) is 13.1 Å². The molecular weight excluding hydrogens is 382 g/mol. The van der Waals surface area contributed by atoms with Crippen molar-refractivity contribution < 1.29 is 4.79 Å². The van der Waals surface area contributed by atoms with E-state index >= 15 is 0 Å². The fourth-order valence-electron chi connectivity index (χ4n) is 5.01.